The van der Waals surface area contributed by atoms with E-state index in [4.69, 9.17) is 18.3 Å². The van der Waals surface area contributed by atoms with E-state index in [1.54, 1.807) is 25.3 Å². The molecule has 2 aromatic heterocycles. The molecule has 3 aromatic carbocycles. The molecule has 0 fully saturated rings. The van der Waals surface area contributed by atoms with Crippen LogP contribution in [0.2, 0.25) is 0 Å². The molecule has 2 heterocycles. The lowest BCUT2D eigenvalue weighted by molar-refractivity contribution is 0.0735. The van der Waals surface area contributed by atoms with Crippen LogP contribution in [0.1, 0.15) is 10.4 Å². The van der Waals surface area contributed by atoms with Gasteiger partial charge in [0.1, 0.15) is 22.9 Å². The fraction of sp³-hybridized carbons (Fsp3) is 0.0400. The summed E-state index contributed by atoms with van der Waals surface area (Å²) in [5, 5.41) is 1.33. The van der Waals surface area contributed by atoms with Crippen LogP contribution in [0.25, 0.3) is 33.3 Å². The van der Waals surface area contributed by atoms with Crippen molar-refractivity contribution in [3.05, 3.63) is 94.6 Å². The zero-order valence-electron chi connectivity index (χ0n) is 16.8. The molecule has 0 N–H and O–H groups in total. The van der Waals surface area contributed by atoms with Crippen LogP contribution in [-0.4, -0.2) is 13.1 Å². The van der Waals surface area contributed by atoms with Gasteiger partial charge in [-0.25, -0.2) is 14.0 Å². The number of carbonyl (C=O) groups excluding carboxylic acids is 1. The zero-order chi connectivity index (χ0) is 22.2. The topological polar surface area (TPSA) is 78.9 Å². The van der Waals surface area contributed by atoms with Crippen molar-refractivity contribution in [3.63, 3.8) is 0 Å². The summed E-state index contributed by atoms with van der Waals surface area (Å²) in [6.45, 7) is 0. The molecule has 32 heavy (non-hydrogen) atoms. The maximum Gasteiger partial charge on any atom is 0.343 e. The lowest BCUT2D eigenvalue weighted by atomic mass is 10.1. The summed E-state index contributed by atoms with van der Waals surface area (Å²) >= 11 is 0. The van der Waals surface area contributed by atoms with Crippen LogP contribution in [0.15, 0.2) is 86.4 Å². The summed E-state index contributed by atoms with van der Waals surface area (Å²) in [6, 6.07) is 18.3. The van der Waals surface area contributed by atoms with E-state index >= 15 is 0 Å². The van der Waals surface area contributed by atoms with Crippen molar-refractivity contribution in [2.45, 2.75) is 0 Å². The number of benzene rings is 3. The van der Waals surface area contributed by atoms with Gasteiger partial charge in [-0.05, 0) is 54.6 Å². The average molecular weight is 430 g/mol. The van der Waals surface area contributed by atoms with Gasteiger partial charge in [-0.2, -0.15) is 0 Å². The molecule has 0 atom stereocenters. The van der Waals surface area contributed by atoms with Crippen molar-refractivity contribution in [2.75, 3.05) is 7.11 Å². The first-order chi connectivity index (χ1) is 15.5. The van der Waals surface area contributed by atoms with Crippen LogP contribution >= 0.6 is 0 Å². The Balaban J connectivity index is 1.59. The Kier molecular flexibility index (Phi) is 4.71. The highest BCUT2D eigenvalue weighted by molar-refractivity contribution is 5.97. The molecule has 0 saturated carbocycles. The van der Waals surface area contributed by atoms with Crippen molar-refractivity contribution in [3.8, 4) is 22.8 Å². The minimum absolute atomic E-state index is 0.204. The van der Waals surface area contributed by atoms with E-state index in [1.165, 1.54) is 42.5 Å². The molecule has 5 aromatic rings. The van der Waals surface area contributed by atoms with Gasteiger partial charge >= 0.3 is 11.6 Å². The van der Waals surface area contributed by atoms with E-state index in [0.717, 1.165) is 5.39 Å². The van der Waals surface area contributed by atoms with E-state index in [9.17, 15) is 14.0 Å². The standard InChI is InChI=1S/C25H15FO6/c1-29-21-4-2-3-15-11-22(32-24(15)21)19-13-23(27)31-20-10-9-17(12-18(19)20)30-25(28)14-5-7-16(26)8-6-14/h2-13H,1H3. The Labute approximate surface area is 180 Å². The van der Waals surface area contributed by atoms with Gasteiger partial charge in [-0.3, -0.25) is 0 Å². The summed E-state index contributed by atoms with van der Waals surface area (Å²) < 4.78 is 35.2. The number of fused-ring (bicyclic) bond motifs is 2. The first kappa shape index (κ1) is 19.6. The fourth-order valence-electron chi connectivity index (χ4n) is 3.49. The molecule has 0 spiro atoms. The van der Waals surface area contributed by atoms with Crippen LogP contribution < -0.4 is 15.1 Å². The molecule has 0 saturated heterocycles. The van der Waals surface area contributed by atoms with E-state index in [0.29, 0.717) is 33.6 Å². The lowest BCUT2D eigenvalue weighted by Gasteiger charge is -2.07. The Bertz CT molecular complexity index is 1530. The minimum atomic E-state index is -0.642. The van der Waals surface area contributed by atoms with Crippen LogP contribution in [0, 0.1) is 5.82 Å². The summed E-state index contributed by atoms with van der Waals surface area (Å²) in [6.07, 6.45) is 0. The molecule has 0 aliphatic carbocycles. The Morgan fingerprint density at radius 3 is 2.53 bits per heavy atom. The van der Waals surface area contributed by atoms with Gasteiger partial charge in [0.2, 0.25) is 0 Å². The number of methoxy groups -OCH3 is 1. The first-order valence-corrected chi connectivity index (χ1v) is 9.64. The fourth-order valence-corrected chi connectivity index (χ4v) is 3.49. The van der Waals surface area contributed by atoms with Crippen LogP contribution in [0.5, 0.6) is 11.5 Å². The van der Waals surface area contributed by atoms with Crippen molar-refractivity contribution < 1.29 is 27.5 Å². The SMILES string of the molecule is COc1cccc2cc(-c3cc(=O)oc4ccc(OC(=O)c5ccc(F)cc5)cc34)oc12. The molecule has 0 amide bonds. The Morgan fingerprint density at radius 1 is 0.938 bits per heavy atom. The predicted molar refractivity (Wildman–Crippen MR) is 116 cm³/mol. The highest BCUT2D eigenvalue weighted by Gasteiger charge is 2.16. The second-order valence-electron chi connectivity index (χ2n) is 7.02. The van der Waals surface area contributed by atoms with E-state index in [-0.39, 0.29) is 11.3 Å². The van der Waals surface area contributed by atoms with Crippen molar-refractivity contribution in [1.29, 1.82) is 0 Å². The molecule has 0 aliphatic rings. The Hall–Kier alpha value is -4.39. The van der Waals surface area contributed by atoms with Crippen molar-refractivity contribution in [2.24, 2.45) is 0 Å². The van der Waals surface area contributed by atoms with Crippen LogP contribution in [-0.2, 0) is 0 Å². The third kappa shape index (κ3) is 3.50. The quantitative estimate of drug-likeness (QED) is 0.211. The highest BCUT2D eigenvalue weighted by atomic mass is 19.1. The van der Waals surface area contributed by atoms with E-state index in [1.807, 2.05) is 12.1 Å². The summed E-state index contributed by atoms with van der Waals surface area (Å²) in [7, 11) is 1.55. The number of para-hydroxylation sites is 1. The maximum absolute atomic E-state index is 13.1. The molecule has 0 radical (unpaired) electrons. The monoisotopic (exact) mass is 430 g/mol. The molecule has 0 aliphatic heterocycles. The average Bonchev–Trinajstić information content (AvgIpc) is 3.23. The Morgan fingerprint density at radius 2 is 1.75 bits per heavy atom. The molecule has 6 nitrogen and oxygen atoms in total. The second-order valence-corrected chi connectivity index (χ2v) is 7.02. The van der Waals surface area contributed by atoms with E-state index < -0.39 is 17.4 Å². The number of rotatable bonds is 4. The van der Waals surface area contributed by atoms with Crippen LogP contribution in [0.4, 0.5) is 4.39 Å². The molecular weight excluding hydrogens is 415 g/mol. The summed E-state index contributed by atoms with van der Waals surface area (Å²) in [5.74, 6) is 0.140. The smallest absolute Gasteiger partial charge is 0.343 e. The number of esters is 1. The van der Waals surface area contributed by atoms with Gasteiger partial charge in [-0.1, -0.05) is 12.1 Å². The third-order valence-corrected chi connectivity index (χ3v) is 5.00. The minimum Gasteiger partial charge on any atom is -0.493 e. The first-order valence-electron chi connectivity index (χ1n) is 9.64. The largest absolute Gasteiger partial charge is 0.493 e. The van der Waals surface area contributed by atoms with Gasteiger partial charge in [0.05, 0.1) is 12.7 Å². The molecule has 7 heteroatoms. The number of ether oxygens (including phenoxy) is 2. The van der Waals surface area contributed by atoms with Gasteiger partial charge < -0.3 is 18.3 Å². The third-order valence-electron chi connectivity index (χ3n) is 5.00. The normalized spacial score (nSPS) is 11.1. The number of hydrogen-bond acceptors (Lipinski definition) is 6. The number of hydrogen-bond donors (Lipinski definition) is 0. The van der Waals surface area contributed by atoms with Gasteiger partial charge in [-0.15, -0.1) is 0 Å². The molecule has 158 valence electrons. The number of carbonyl (C=O) groups is 1. The molecule has 5 rings (SSSR count). The van der Waals surface area contributed by atoms with E-state index in [2.05, 4.69) is 0 Å². The van der Waals surface area contributed by atoms with Gasteiger partial charge in [0.15, 0.2) is 11.3 Å². The molecular formula is C25H15FO6. The predicted octanol–water partition coefficient (Wildman–Crippen LogP) is 5.57. The number of furan rings is 1. The second kappa shape index (κ2) is 7.70. The molecule has 0 bridgehead atoms. The number of halogens is 1. The zero-order valence-corrected chi connectivity index (χ0v) is 16.8. The highest BCUT2D eigenvalue weighted by Crippen LogP contribution is 2.36. The van der Waals surface area contributed by atoms with Gasteiger partial charge in [0, 0.05) is 22.4 Å². The van der Waals surface area contributed by atoms with Gasteiger partial charge in [0.25, 0.3) is 0 Å². The van der Waals surface area contributed by atoms with Crippen molar-refractivity contribution in [1.82, 2.24) is 0 Å². The molecule has 0 unspecified atom stereocenters. The summed E-state index contributed by atoms with van der Waals surface area (Å²) in [4.78, 5) is 24.6. The van der Waals surface area contributed by atoms with Crippen molar-refractivity contribution >= 4 is 27.9 Å². The maximum atomic E-state index is 13.1. The summed E-state index contributed by atoms with van der Waals surface area (Å²) in [5.41, 5.74) is 0.993. The lowest BCUT2D eigenvalue weighted by Crippen LogP contribution is -2.08. The van der Waals surface area contributed by atoms with Crippen LogP contribution in [0.3, 0.4) is 0 Å².